The lowest BCUT2D eigenvalue weighted by Crippen LogP contribution is -2.61. The molecule has 2 heterocycles. The average Bonchev–Trinajstić information content (AvgIpc) is 2.37. The van der Waals surface area contributed by atoms with Crippen molar-refractivity contribution in [3.8, 4) is 0 Å². The van der Waals surface area contributed by atoms with Crippen LogP contribution in [-0.2, 0) is 0 Å². The van der Waals surface area contributed by atoms with E-state index in [1.54, 1.807) is 12.1 Å². The summed E-state index contributed by atoms with van der Waals surface area (Å²) in [7, 11) is 0. The predicted octanol–water partition coefficient (Wildman–Crippen LogP) is 1.20. The van der Waals surface area contributed by atoms with Gasteiger partial charge in [0.2, 0.25) is 0 Å². The van der Waals surface area contributed by atoms with E-state index in [0.29, 0.717) is 24.2 Å². The zero-order valence-corrected chi connectivity index (χ0v) is 7.69. The van der Waals surface area contributed by atoms with Gasteiger partial charge in [-0.3, -0.25) is 0 Å². The van der Waals surface area contributed by atoms with E-state index in [1.165, 1.54) is 0 Å². The first-order valence-corrected chi connectivity index (χ1v) is 4.82. The summed E-state index contributed by atoms with van der Waals surface area (Å²) < 4.78 is 0.0549. The predicted molar refractivity (Wildman–Crippen MR) is 49.7 cm³/mol. The van der Waals surface area contributed by atoms with E-state index in [4.69, 9.17) is 0 Å². The summed E-state index contributed by atoms with van der Waals surface area (Å²) in [6, 6.07) is 7.12. The van der Waals surface area contributed by atoms with Crippen LogP contribution in [0.15, 0.2) is 24.3 Å². The molecule has 3 nitrogen and oxygen atoms in total. The Balaban J connectivity index is 2.23. The van der Waals surface area contributed by atoms with Crippen molar-refractivity contribution >= 4 is 11.8 Å². The van der Waals surface area contributed by atoms with Gasteiger partial charge in [-0.1, -0.05) is 12.1 Å². The maximum absolute atomic E-state index is 12.0. The van der Waals surface area contributed by atoms with E-state index in [1.807, 2.05) is 12.1 Å². The van der Waals surface area contributed by atoms with Gasteiger partial charge < -0.3 is 0 Å². The normalized spacial score (nSPS) is 22.3. The molecule has 0 aromatic heterocycles. The van der Waals surface area contributed by atoms with Crippen LogP contribution in [-0.4, -0.2) is 29.4 Å². The molecule has 3 heteroatoms. The second-order valence-corrected chi connectivity index (χ2v) is 3.92. The van der Waals surface area contributed by atoms with E-state index in [9.17, 15) is 9.59 Å². The molecule has 0 aliphatic carbocycles. The van der Waals surface area contributed by atoms with Gasteiger partial charge in [0.25, 0.3) is 0 Å². The van der Waals surface area contributed by atoms with Crippen molar-refractivity contribution in [1.29, 1.82) is 0 Å². The number of carbonyl (C=O) groups is 2. The largest absolute Gasteiger partial charge is 0.354 e. The first-order chi connectivity index (χ1) is 6.76. The minimum absolute atomic E-state index is 0.00292. The lowest BCUT2D eigenvalue weighted by molar-refractivity contribution is -0.806. The molecule has 0 atom stereocenters. The van der Waals surface area contributed by atoms with Crippen molar-refractivity contribution in [1.82, 2.24) is 0 Å². The van der Waals surface area contributed by atoms with Crippen LogP contribution >= 0.6 is 0 Å². The Bertz CT molecular complexity index is 409. The third-order valence-corrected chi connectivity index (χ3v) is 3.25. The molecule has 70 valence electrons. The maximum atomic E-state index is 12.0. The Morgan fingerprint density at radius 1 is 0.929 bits per heavy atom. The van der Waals surface area contributed by atoms with Crippen LogP contribution in [0.2, 0.25) is 0 Å². The Kier molecular flexibility index (Phi) is 1.30. The van der Waals surface area contributed by atoms with E-state index in [-0.39, 0.29) is 16.3 Å². The number of benzene rings is 1. The van der Waals surface area contributed by atoms with Gasteiger partial charge in [-0.15, -0.1) is 0 Å². The van der Waals surface area contributed by atoms with Crippen LogP contribution in [0.25, 0.3) is 0 Å². The number of nitrogens with zero attached hydrogens (tertiary/aromatic N) is 1. The monoisotopic (exact) mass is 188 g/mol. The number of quaternary nitrogens is 1. The lowest BCUT2D eigenvalue weighted by atomic mass is 10.1. The fourth-order valence-corrected chi connectivity index (χ4v) is 2.29. The number of hydrogen-bond acceptors (Lipinski definition) is 2. The molecule has 3 rings (SSSR count). The second-order valence-electron chi connectivity index (χ2n) is 3.92. The molecule has 1 aromatic rings. The molecule has 0 bridgehead atoms. The zero-order valence-electron chi connectivity index (χ0n) is 7.69. The molecular weight excluding hydrogens is 178 g/mol. The minimum Gasteiger partial charge on any atom is -0.225 e. The van der Waals surface area contributed by atoms with Crippen LogP contribution < -0.4 is 0 Å². The van der Waals surface area contributed by atoms with E-state index in [2.05, 4.69) is 0 Å². The molecule has 0 N–H and O–H groups in total. The topological polar surface area (TPSA) is 34.1 Å². The Labute approximate surface area is 81.5 Å². The first-order valence-electron chi connectivity index (χ1n) is 4.82. The molecule has 0 unspecified atom stereocenters. The van der Waals surface area contributed by atoms with Crippen molar-refractivity contribution in [2.45, 2.75) is 6.42 Å². The first kappa shape index (κ1) is 7.88. The van der Waals surface area contributed by atoms with E-state index in [0.717, 1.165) is 6.42 Å². The quantitative estimate of drug-likeness (QED) is 0.453. The SMILES string of the molecule is O=C1c2ccccc2C(=O)[N+]12CCC2. The number of amides is 2. The fraction of sp³-hybridized carbons (Fsp3) is 0.273. The highest BCUT2D eigenvalue weighted by atomic mass is 16.2. The summed E-state index contributed by atoms with van der Waals surface area (Å²) in [5, 5.41) is 0. The standard InChI is InChI=1S/C11H10NO2/c13-10-8-4-1-2-5-9(8)11(14)12(10)6-3-7-12/h1-2,4-5H,3,6-7H2/q+1. The number of fused-ring (bicyclic) bond motifs is 1. The van der Waals surface area contributed by atoms with Gasteiger partial charge in [-0.25, -0.2) is 9.59 Å². The Hall–Kier alpha value is -1.48. The fourth-order valence-electron chi connectivity index (χ4n) is 2.29. The van der Waals surface area contributed by atoms with Crippen LogP contribution in [0.1, 0.15) is 27.1 Å². The highest BCUT2D eigenvalue weighted by molar-refractivity contribution is 6.14. The van der Waals surface area contributed by atoms with E-state index >= 15 is 0 Å². The molecule has 2 amide bonds. The maximum Gasteiger partial charge on any atom is 0.354 e. The van der Waals surface area contributed by atoms with Gasteiger partial charge in [0.05, 0.1) is 24.2 Å². The zero-order chi connectivity index (χ0) is 9.76. The summed E-state index contributed by atoms with van der Waals surface area (Å²) >= 11 is 0. The molecule has 1 aromatic carbocycles. The number of imide groups is 1. The van der Waals surface area contributed by atoms with Crippen LogP contribution in [0.4, 0.5) is 0 Å². The summed E-state index contributed by atoms with van der Waals surface area (Å²) in [5.74, 6) is -0.00583. The van der Waals surface area contributed by atoms with Gasteiger partial charge >= 0.3 is 11.8 Å². The molecule has 1 fully saturated rings. The average molecular weight is 188 g/mol. The van der Waals surface area contributed by atoms with E-state index < -0.39 is 0 Å². The van der Waals surface area contributed by atoms with Gasteiger partial charge in [0.15, 0.2) is 0 Å². The number of hydrogen-bond donors (Lipinski definition) is 0. The smallest absolute Gasteiger partial charge is 0.225 e. The Morgan fingerprint density at radius 2 is 1.43 bits per heavy atom. The van der Waals surface area contributed by atoms with Crippen LogP contribution in [0.3, 0.4) is 0 Å². The molecule has 2 aliphatic rings. The lowest BCUT2D eigenvalue weighted by Gasteiger charge is -2.36. The van der Waals surface area contributed by atoms with Crippen molar-refractivity contribution in [3.63, 3.8) is 0 Å². The second kappa shape index (κ2) is 2.30. The van der Waals surface area contributed by atoms with Gasteiger partial charge in [0, 0.05) is 6.42 Å². The van der Waals surface area contributed by atoms with Crippen LogP contribution in [0.5, 0.6) is 0 Å². The van der Waals surface area contributed by atoms with Crippen molar-refractivity contribution < 1.29 is 14.1 Å². The van der Waals surface area contributed by atoms with Gasteiger partial charge in [-0.2, -0.15) is 4.48 Å². The molecule has 1 spiro atoms. The number of rotatable bonds is 0. The summed E-state index contributed by atoms with van der Waals surface area (Å²) in [6.07, 6.45) is 0.978. The van der Waals surface area contributed by atoms with Crippen molar-refractivity contribution in [2.24, 2.45) is 0 Å². The molecule has 1 saturated heterocycles. The molecular formula is C11H10NO2+. The number of carbonyl (C=O) groups excluding carboxylic acids is 2. The van der Waals surface area contributed by atoms with Crippen molar-refractivity contribution in [2.75, 3.05) is 13.1 Å². The summed E-state index contributed by atoms with van der Waals surface area (Å²) in [6.45, 7) is 1.37. The van der Waals surface area contributed by atoms with Crippen LogP contribution in [0, 0.1) is 0 Å². The molecule has 0 radical (unpaired) electrons. The van der Waals surface area contributed by atoms with Crippen molar-refractivity contribution in [3.05, 3.63) is 35.4 Å². The minimum atomic E-state index is -0.00292. The Morgan fingerprint density at radius 3 is 1.79 bits per heavy atom. The third-order valence-electron chi connectivity index (χ3n) is 3.25. The third kappa shape index (κ3) is 0.677. The summed E-state index contributed by atoms with van der Waals surface area (Å²) in [4.78, 5) is 23.9. The highest BCUT2D eigenvalue weighted by Crippen LogP contribution is 2.35. The molecule has 14 heavy (non-hydrogen) atoms. The molecule has 0 saturated carbocycles. The molecule has 2 aliphatic heterocycles. The summed E-state index contributed by atoms with van der Waals surface area (Å²) in [5.41, 5.74) is 1.22. The van der Waals surface area contributed by atoms with Gasteiger partial charge in [-0.05, 0) is 12.1 Å². The van der Waals surface area contributed by atoms with Gasteiger partial charge in [0.1, 0.15) is 0 Å². The highest BCUT2D eigenvalue weighted by Gasteiger charge is 2.57.